The Kier molecular flexibility index (Phi) is 3.16. The molecule has 0 aromatic rings. The zero-order chi connectivity index (χ0) is 7.40. The molecular formula is C8H18N2. The fourth-order valence-corrected chi connectivity index (χ4v) is 0.971. The third-order valence-corrected chi connectivity index (χ3v) is 1.95. The lowest BCUT2D eigenvalue weighted by atomic mass is 10.4. The van der Waals surface area contributed by atoms with Crippen LogP contribution in [0.3, 0.4) is 0 Å². The van der Waals surface area contributed by atoms with Crippen LogP contribution in [0.2, 0.25) is 0 Å². The Labute approximate surface area is 63.4 Å². The average molecular weight is 142 g/mol. The third-order valence-electron chi connectivity index (χ3n) is 1.95. The topological polar surface area (TPSA) is 29.3 Å². The lowest BCUT2D eigenvalue weighted by Crippen LogP contribution is -2.10. The summed E-state index contributed by atoms with van der Waals surface area (Å²) in [5.74, 6) is 0. The normalized spacial score (nSPS) is 25.8. The van der Waals surface area contributed by atoms with E-state index in [1.54, 1.807) is 0 Å². The average Bonchev–Trinajstić information content (AvgIpc) is 2.50. The number of nitrogens with zero attached hydrogens (tertiary/aromatic N) is 1. The summed E-state index contributed by atoms with van der Waals surface area (Å²) in [4.78, 5) is 2.36. The van der Waals surface area contributed by atoms with E-state index in [0.717, 1.165) is 0 Å². The van der Waals surface area contributed by atoms with Gasteiger partial charge in [0, 0.05) is 6.04 Å². The highest BCUT2D eigenvalue weighted by Crippen LogP contribution is 2.13. The molecule has 0 amide bonds. The molecule has 0 bridgehead atoms. The maximum absolute atomic E-state index is 5.22. The van der Waals surface area contributed by atoms with Crippen molar-refractivity contribution in [2.45, 2.75) is 31.7 Å². The van der Waals surface area contributed by atoms with Crippen molar-refractivity contribution in [1.29, 1.82) is 0 Å². The van der Waals surface area contributed by atoms with Crippen molar-refractivity contribution in [3.8, 4) is 0 Å². The fraction of sp³-hybridized carbons (Fsp3) is 1.00. The maximum Gasteiger partial charge on any atom is 0.00399 e. The lowest BCUT2D eigenvalue weighted by Gasteiger charge is -2.01. The Hall–Kier alpha value is -0.0800. The number of rotatable bonds is 0. The molecule has 2 aliphatic rings. The fourth-order valence-electron chi connectivity index (χ4n) is 0.971. The second kappa shape index (κ2) is 3.94. The van der Waals surface area contributed by atoms with Gasteiger partial charge in [-0.1, -0.05) is 0 Å². The molecule has 0 radical (unpaired) electrons. The molecule has 60 valence electrons. The molecule has 1 aliphatic heterocycles. The van der Waals surface area contributed by atoms with Crippen LogP contribution < -0.4 is 5.73 Å². The van der Waals surface area contributed by atoms with Gasteiger partial charge < -0.3 is 10.6 Å². The predicted molar refractivity (Wildman–Crippen MR) is 43.9 cm³/mol. The molecule has 2 fully saturated rings. The van der Waals surface area contributed by atoms with Crippen molar-refractivity contribution in [2.24, 2.45) is 5.73 Å². The van der Waals surface area contributed by atoms with Crippen LogP contribution in [0.4, 0.5) is 0 Å². The summed E-state index contributed by atoms with van der Waals surface area (Å²) in [6, 6.07) is 0.583. The highest BCUT2D eigenvalue weighted by atomic mass is 15.1. The van der Waals surface area contributed by atoms with Crippen molar-refractivity contribution in [3.63, 3.8) is 0 Å². The number of likely N-dealkylation sites (tertiary alicyclic amines) is 1. The first-order valence-electron chi connectivity index (χ1n) is 4.23. The van der Waals surface area contributed by atoms with Crippen LogP contribution in [-0.4, -0.2) is 31.1 Å². The second-order valence-corrected chi connectivity index (χ2v) is 3.35. The standard InChI is InChI=1S/C5H11N.C3H7N/c1-6-4-2-3-5-6;4-3-1-2-3/h2-5H2,1H3;3H,1-2,4H2. The van der Waals surface area contributed by atoms with Crippen LogP contribution >= 0.6 is 0 Å². The molecule has 10 heavy (non-hydrogen) atoms. The first-order valence-corrected chi connectivity index (χ1v) is 4.23. The van der Waals surface area contributed by atoms with Gasteiger partial charge in [0.1, 0.15) is 0 Å². The van der Waals surface area contributed by atoms with Gasteiger partial charge in [0.2, 0.25) is 0 Å². The smallest absolute Gasteiger partial charge is 0.00399 e. The Morgan fingerprint density at radius 3 is 1.70 bits per heavy atom. The van der Waals surface area contributed by atoms with Crippen LogP contribution in [0.1, 0.15) is 25.7 Å². The van der Waals surface area contributed by atoms with Gasteiger partial charge in [-0.2, -0.15) is 0 Å². The minimum Gasteiger partial charge on any atom is -0.328 e. The van der Waals surface area contributed by atoms with Gasteiger partial charge in [-0.15, -0.1) is 0 Å². The van der Waals surface area contributed by atoms with E-state index >= 15 is 0 Å². The molecule has 2 rings (SSSR count). The van der Waals surface area contributed by atoms with Crippen LogP contribution in [0.15, 0.2) is 0 Å². The van der Waals surface area contributed by atoms with Gasteiger partial charge in [0.15, 0.2) is 0 Å². The van der Waals surface area contributed by atoms with E-state index in [2.05, 4.69) is 11.9 Å². The molecule has 0 unspecified atom stereocenters. The lowest BCUT2D eigenvalue weighted by molar-refractivity contribution is 0.418. The van der Waals surface area contributed by atoms with Crippen molar-refractivity contribution in [2.75, 3.05) is 20.1 Å². The van der Waals surface area contributed by atoms with Crippen molar-refractivity contribution < 1.29 is 0 Å². The molecular weight excluding hydrogens is 124 g/mol. The van der Waals surface area contributed by atoms with Gasteiger partial charge in [-0.3, -0.25) is 0 Å². The van der Waals surface area contributed by atoms with E-state index < -0.39 is 0 Å². The summed E-state index contributed by atoms with van der Waals surface area (Å²) in [6.07, 6.45) is 5.35. The summed E-state index contributed by atoms with van der Waals surface area (Å²) >= 11 is 0. The molecule has 1 heterocycles. The van der Waals surface area contributed by atoms with E-state index in [1.165, 1.54) is 38.8 Å². The van der Waals surface area contributed by atoms with Crippen LogP contribution in [0.25, 0.3) is 0 Å². The van der Waals surface area contributed by atoms with E-state index in [-0.39, 0.29) is 0 Å². The summed E-state index contributed by atoms with van der Waals surface area (Å²) in [6.45, 7) is 2.64. The van der Waals surface area contributed by atoms with Crippen LogP contribution in [0, 0.1) is 0 Å². The van der Waals surface area contributed by atoms with Gasteiger partial charge >= 0.3 is 0 Å². The highest BCUT2D eigenvalue weighted by Gasteiger charge is 2.13. The SMILES string of the molecule is CN1CCCC1.NC1CC1. The summed E-state index contributed by atoms with van der Waals surface area (Å²) in [7, 11) is 2.17. The van der Waals surface area contributed by atoms with E-state index in [9.17, 15) is 0 Å². The summed E-state index contributed by atoms with van der Waals surface area (Å²) in [5, 5.41) is 0. The van der Waals surface area contributed by atoms with Crippen molar-refractivity contribution in [1.82, 2.24) is 4.90 Å². The molecule has 2 nitrogen and oxygen atoms in total. The van der Waals surface area contributed by atoms with Gasteiger partial charge in [-0.25, -0.2) is 0 Å². The highest BCUT2D eigenvalue weighted by molar-refractivity contribution is 4.75. The molecule has 0 aromatic heterocycles. The van der Waals surface area contributed by atoms with E-state index in [4.69, 9.17) is 5.73 Å². The molecule has 1 saturated carbocycles. The Morgan fingerprint density at radius 2 is 1.60 bits per heavy atom. The Bertz CT molecular complexity index is 83.3. The molecule has 1 saturated heterocycles. The predicted octanol–water partition coefficient (Wildman–Crippen LogP) is 0.819. The number of hydrogen-bond donors (Lipinski definition) is 1. The third kappa shape index (κ3) is 3.85. The van der Waals surface area contributed by atoms with Crippen LogP contribution in [0.5, 0.6) is 0 Å². The first kappa shape index (κ1) is 8.02. The van der Waals surface area contributed by atoms with Crippen molar-refractivity contribution >= 4 is 0 Å². The minimum atomic E-state index is 0.583. The number of nitrogens with two attached hydrogens (primary N) is 1. The first-order chi connectivity index (χ1) is 4.79. The molecule has 0 atom stereocenters. The molecule has 2 heteroatoms. The molecule has 2 N–H and O–H groups in total. The minimum absolute atomic E-state index is 0.583. The Morgan fingerprint density at radius 1 is 1.20 bits per heavy atom. The zero-order valence-electron chi connectivity index (χ0n) is 6.84. The molecule has 0 spiro atoms. The quantitative estimate of drug-likeness (QED) is 0.542. The second-order valence-electron chi connectivity index (χ2n) is 3.35. The van der Waals surface area contributed by atoms with Gasteiger partial charge in [0.05, 0.1) is 0 Å². The van der Waals surface area contributed by atoms with Gasteiger partial charge in [0.25, 0.3) is 0 Å². The summed E-state index contributed by atoms with van der Waals surface area (Å²) < 4.78 is 0. The maximum atomic E-state index is 5.22. The summed E-state index contributed by atoms with van der Waals surface area (Å²) in [5.41, 5.74) is 5.22. The van der Waals surface area contributed by atoms with Gasteiger partial charge in [-0.05, 0) is 45.8 Å². The monoisotopic (exact) mass is 142 g/mol. The van der Waals surface area contributed by atoms with Crippen LogP contribution in [-0.2, 0) is 0 Å². The van der Waals surface area contributed by atoms with E-state index in [1.807, 2.05) is 0 Å². The largest absolute Gasteiger partial charge is 0.328 e. The Balaban J connectivity index is 0.000000108. The van der Waals surface area contributed by atoms with Crippen molar-refractivity contribution in [3.05, 3.63) is 0 Å². The molecule has 0 aromatic carbocycles. The number of hydrogen-bond acceptors (Lipinski definition) is 2. The molecule has 1 aliphatic carbocycles. The van der Waals surface area contributed by atoms with E-state index in [0.29, 0.717) is 6.04 Å². The zero-order valence-corrected chi connectivity index (χ0v) is 6.84.